The predicted molar refractivity (Wildman–Crippen MR) is 67.0 cm³/mol. The highest BCUT2D eigenvalue weighted by molar-refractivity contribution is 7.18. The average Bonchev–Trinajstić information content (AvgIpc) is 2.69. The molecule has 0 saturated carbocycles. The van der Waals surface area contributed by atoms with Crippen LogP contribution in [0, 0.1) is 0 Å². The summed E-state index contributed by atoms with van der Waals surface area (Å²) in [7, 11) is 0. The maximum atomic E-state index is 9.23. The molecular weight excluding hydrogens is 222 g/mol. The lowest BCUT2D eigenvalue weighted by molar-refractivity contribution is 0.208. The average molecular weight is 237 g/mol. The molecule has 0 radical (unpaired) electrons. The van der Waals surface area contributed by atoms with Crippen LogP contribution < -0.4 is 5.32 Å². The normalized spacial score (nSPS) is 12.9. The molecule has 16 heavy (non-hydrogen) atoms. The number of aromatic nitrogens is 2. The van der Waals surface area contributed by atoms with Gasteiger partial charge in [0.15, 0.2) is 0 Å². The summed E-state index contributed by atoms with van der Waals surface area (Å²) in [5.41, 5.74) is 0. The van der Waals surface area contributed by atoms with Crippen LogP contribution in [-0.4, -0.2) is 27.7 Å². The van der Waals surface area contributed by atoms with E-state index < -0.39 is 0 Å². The Morgan fingerprint density at radius 2 is 2.31 bits per heavy atom. The number of hydrogen-bond donors (Lipinski definition) is 2. The lowest BCUT2D eigenvalue weighted by Crippen LogP contribution is -2.16. The molecule has 2 rings (SSSR count). The Morgan fingerprint density at radius 1 is 1.50 bits per heavy atom. The number of anilines is 1. The zero-order valence-corrected chi connectivity index (χ0v) is 10.2. The first-order valence-corrected chi connectivity index (χ1v) is 6.17. The number of fused-ring (bicyclic) bond motifs is 1. The van der Waals surface area contributed by atoms with Gasteiger partial charge in [0.05, 0.1) is 11.5 Å². The third kappa shape index (κ3) is 2.31. The third-order valence-corrected chi connectivity index (χ3v) is 3.48. The van der Waals surface area contributed by atoms with Crippen LogP contribution in [0.3, 0.4) is 0 Å². The van der Waals surface area contributed by atoms with E-state index in [0.29, 0.717) is 6.54 Å². The molecule has 2 aromatic heterocycles. The van der Waals surface area contributed by atoms with Gasteiger partial charge in [0.1, 0.15) is 17.0 Å². The smallest absolute Gasteiger partial charge is 0.138 e. The molecule has 0 aliphatic heterocycles. The fraction of sp³-hybridized carbons (Fsp3) is 0.455. The van der Waals surface area contributed by atoms with Crippen molar-refractivity contribution in [3.63, 3.8) is 0 Å². The minimum Gasteiger partial charge on any atom is -0.392 e. The van der Waals surface area contributed by atoms with Gasteiger partial charge in [-0.2, -0.15) is 0 Å². The highest BCUT2D eigenvalue weighted by Gasteiger charge is 2.07. The SMILES string of the molecule is CCc1cc2c(NCC(C)O)ncnc2s1. The number of aliphatic hydroxyl groups excluding tert-OH is 1. The van der Waals surface area contributed by atoms with Gasteiger partial charge in [-0.1, -0.05) is 6.92 Å². The molecular formula is C11H15N3OS. The van der Waals surface area contributed by atoms with Crippen molar-refractivity contribution in [2.24, 2.45) is 0 Å². The number of aliphatic hydroxyl groups is 1. The van der Waals surface area contributed by atoms with Crippen LogP contribution in [0.1, 0.15) is 18.7 Å². The Morgan fingerprint density at radius 3 is 3.00 bits per heavy atom. The van der Waals surface area contributed by atoms with Gasteiger partial charge in [0.25, 0.3) is 0 Å². The van der Waals surface area contributed by atoms with Crippen molar-refractivity contribution in [3.05, 3.63) is 17.3 Å². The minimum atomic E-state index is -0.380. The van der Waals surface area contributed by atoms with Crippen LogP contribution in [-0.2, 0) is 6.42 Å². The summed E-state index contributed by atoms with van der Waals surface area (Å²) in [5.74, 6) is 0.807. The van der Waals surface area contributed by atoms with E-state index in [1.54, 1.807) is 24.6 Å². The van der Waals surface area contributed by atoms with E-state index in [0.717, 1.165) is 22.5 Å². The molecule has 1 unspecified atom stereocenters. The first-order valence-electron chi connectivity index (χ1n) is 5.36. The molecule has 2 N–H and O–H groups in total. The van der Waals surface area contributed by atoms with Crippen molar-refractivity contribution in [3.8, 4) is 0 Å². The zero-order chi connectivity index (χ0) is 11.5. The standard InChI is InChI=1S/C11H15N3OS/c1-3-8-4-9-10(12-5-7(2)15)13-6-14-11(9)16-8/h4,6-7,15H,3,5H2,1-2H3,(H,12,13,14). The van der Waals surface area contributed by atoms with E-state index in [9.17, 15) is 5.11 Å². The number of nitrogens with zero attached hydrogens (tertiary/aromatic N) is 2. The molecule has 4 nitrogen and oxygen atoms in total. The lowest BCUT2D eigenvalue weighted by Gasteiger charge is -2.07. The number of aryl methyl sites for hydroxylation is 1. The van der Waals surface area contributed by atoms with Gasteiger partial charge in [-0.25, -0.2) is 9.97 Å². The number of nitrogens with one attached hydrogen (secondary N) is 1. The van der Waals surface area contributed by atoms with Crippen LogP contribution in [0.2, 0.25) is 0 Å². The number of thiophene rings is 1. The predicted octanol–water partition coefficient (Wildman–Crippen LogP) is 2.05. The van der Waals surface area contributed by atoms with Gasteiger partial charge in [-0.05, 0) is 19.4 Å². The Balaban J connectivity index is 2.33. The Labute approximate surface area is 98.4 Å². The maximum Gasteiger partial charge on any atom is 0.138 e. The summed E-state index contributed by atoms with van der Waals surface area (Å²) in [6.45, 7) is 4.38. The molecule has 0 fully saturated rings. The highest BCUT2D eigenvalue weighted by atomic mass is 32.1. The van der Waals surface area contributed by atoms with Crippen molar-refractivity contribution >= 4 is 27.4 Å². The van der Waals surface area contributed by atoms with Gasteiger partial charge in [0.2, 0.25) is 0 Å². The molecule has 0 aliphatic carbocycles. The largest absolute Gasteiger partial charge is 0.392 e. The van der Waals surface area contributed by atoms with E-state index in [4.69, 9.17) is 0 Å². The van der Waals surface area contributed by atoms with Crippen molar-refractivity contribution in [1.82, 2.24) is 9.97 Å². The summed E-state index contributed by atoms with van der Waals surface area (Å²) in [6, 6.07) is 2.12. The molecule has 0 bridgehead atoms. The summed E-state index contributed by atoms with van der Waals surface area (Å²) in [5, 5.41) is 13.4. The van der Waals surface area contributed by atoms with Crippen LogP contribution in [0.5, 0.6) is 0 Å². The van der Waals surface area contributed by atoms with Crippen LogP contribution in [0.4, 0.5) is 5.82 Å². The summed E-state index contributed by atoms with van der Waals surface area (Å²) in [4.78, 5) is 10.7. The second kappa shape index (κ2) is 4.76. The Kier molecular flexibility index (Phi) is 3.36. The summed E-state index contributed by atoms with van der Waals surface area (Å²) >= 11 is 1.69. The molecule has 2 aromatic rings. The van der Waals surface area contributed by atoms with Gasteiger partial charge in [-0.15, -0.1) is 11.3 Å². The molecule has 0 amide bonds. The molecule has 0 saturated heterocycles. The van der Waals surface area contributed by atoms with Crippen molar-refractivity contribution in [2.45, 2.75) is 26.4 Å². The van der Waals surface area contributed by atoms with Crippen molar-refractivity contribution in [2.75, 3.05) is 11.9 Å². The molecule has 5 heteroatoms. The first kappa shape index (κ1) is 11.3. The number of rotatable bonds is 4. The molecule has 2 heterocycles. The van der Waals surface area contributed by atoms with E-state index in [-0.39, 0.29) is 6.10 Å². The third-order valence-electron chi connectivity index (χ3n) is 2.29. The Hall–Kier alpha value is -1.20. The maximum absolute atomic E-state index is 9.23. The van der Waals surface area contributed by atoms with Crippen LogP contribution >= 0.6 is 11.3 Å². The molecule has 1 atom stereocenters. The van der Waals surface area contributed by atoms with Crippen LogP contribution in [0.15, 0.2) is 12.4 Å². The van der Waals surface area contributed by atoms with Gasteiger partial charge in [0, 0.05) is 11.4 Å². The molecule has 86 valence electrons. The fourth-order valence-electron chi connectivity index (χ4n) is 1.46. The van der Waals surface area contributed by atoms with E-state index in [1.807, 2.05) is 0 Å². The molecule has 0 aliphatic rings. The van der Waals surface area contributed by atoms with Crippen molar-refractivity contribution in [1.29, 1.82) is 0 Å². The van der Waals surface area contributed by atoms with Crippen molar-refractivity contribution < 1.29 is 5.11 Å². The fourth-order valence-corrected chi connectivity index (χ4v) is 2.40. The van der Waals surface area contributed by atoms with E-state index in [2.05, 4.69) is 28.3 Å². The first-order chi connectivity index (χ1) is 7.70. The summed E-state index contributed by atoms with van der Waals surface area (Å²) in [6.07, 6.45) is 2.19. The summed E-state index contributed by atoms with van der Waals surface area (Å²) < 4.78 is 0. The van der Waals surface area contributed by atoms with Crippen LogP contribution in [0.25, 0.3) is 10.2 Å². The van der Waals surface area contributed by atoms with E-state index in [1.165, 1.54) is 4.88 Å². The topological polar surface area (TPSA) is 58.0 Å². The lowest BCUT2D eigenvalue weighted by atomic mass is 10.3. The molecule has 0 aromatic carbocycles. The second-order valence-corrected chi connectivity index (χ2v) is 4.85. The van der Waals surface area contributed by atoms with E-state index >= 15 is 0 Å². The van der Waals surface area contributed by atoms with Gasteiger partial charge < -0.3 is 10.4 Å². The second-order valence-electron chi connectivity index (χ2n) is 3.74. The highest BCUT2D eigenvalue weighted by Crippen LogP contribution is 2.28. The quantitative estimate of drug-likeness (QED) is 0.854. The monoisotopic (exact) mass is 237 g/mol. The Bertz CT molecular complexity index is 481. The minimum absolute atomic E-state index is 0.380. The molecule has 0 spiro atoms. The van der Waals surface area contributed by atoms with Gasteiger partial charge in [-0.3, -0.25) is 0 Å². The zero-order valence-electron chi connectivity index (χ0n) is 9.40. The van der Waals surface area contributed by atoms with Gasteiger partial charge >= 0.3 is 0 Å². The number of hydrogen-bond acceptors (Lipinski definition) is 5.